The zero-order valence-electron chi connectivity index (χ0n) is 14.0. The Hall–Kier alpha value is -1.82. The Morgan fingerprint density at radius 1 is 1.17 bits per heavy atom. The number of amides is 1. The Morgan fingerprint density at radius 3 is 2.50 bits per heavy atom. The summed E-state index contributed by atoms with van der Waals surface area (Å²) in [6, 6.07) is 3.29. The van der Waals surface area contributed by atoms with Crippen LogP contribution in [0.25, 0.3) is 0 Å². The van der Waals surface area contributed by atoms with Crippen molar-refractivity contribution < 1.29 is 18.4 Å². The van der Waals surface area contributed by atoms with Crippen LogP contribution in [0.4, 0.5) is 8.78 Å². The fourth-order valence-corrected chi connectivity index (χ4v) is 3.05. The maximum Gasteiger partial charge on any atom is 0.223 e. The van der Waals surface area contributed by atoms with Gasteiger partial charge in [0, 0.05) is 31.0 Å². The number of rotatable bonds is 7. The van der Waals surface area contributed by atoms with E-state index in [0.717, 1.165) is 44.5 Å². The molecule has 0 unspecified atom stereocenters. The average Bonchev–Trinajstić information content (AvgIpc) is 2.60. The molecule has 2 rings (SSSR count). The summed E-state index contributed by atoms with van der Waals surface area (Å²) < 4.78 is 26.1. The van der Waals surface area contributed by atoms with Crippen molar-refractivity contribution in [1.82, 2.24) is 10.2 Å². The highest BCUT2D eigenvalue weighted by molar-refractivity contribution is 5.98. The van der Waals surface area contributed by atoms with Crippen LogP contribution in [0.5, 0.6) is 0 Å². The number of benzene rings is 1. The molecule has 1 aromatic rings. The smallest absolute Gasteiger partial charge is 0.223 e. The van der Waals surface area contributed by atoms with Crippen molar-refractivity contribution in [2.75, 3.05) is 19.6 Å². The predicted molar refractivity (Wildman–Crippen MR) is 87.8 cm³/mol. The van der Waals surface area contributed by atoms with Crippen LogP contribution in [0.1, 0.15) is 49.4 Å². The first-order valence-electron chi connectivity index (χ1n) is 8.51. The second kappa shape index (κ2) is 8.87. The fourth-order valence-electron chi connectivity index (χ4n) is 3.05. The van der Waals surface area contributed by atoms with Crippen LogP contribution < -0.4 is 5.32 Å². The van der Waals surface area contributed by atoms with Gasteiger partial charge in [-0.1, -0.05) is 6.92 Å². The second-order valence-electron chi connectivity index (χ2n) is 6.12. The van der Waals surface area contributed by atoms with Gasteiger partial charge in [0.15, 0.2) is 17.4 Å². The van der Waals surface area contributed by atoms with Gasteiger partial charge in [-0.15, -0.1) is 0 Å². The van der Waals surface area contributed by atoms with Crippen molar-refractivity contribution in [1.29, 1.82) is 0 Å². The van der Waals surface area contributed by atoms with Crippen LogP contribution in [0, 0.1) is 11.6 Å². The Labute approximate surface area is 141 Å². The third-order valence-corrected chi connectivity index (χ3v) is 4.34. The minimum Gasteiger partial charge on any atom is -0.340 e. The summed E-state index contributed by atoms with van der Waals surface area (Å²) in [6.07, 6.45) is 2.81. The van der Waals surface area contributed by atoms with Crippen molar-refractivity contribution in [3.05, 3.63) is 35.4 Å². The lowest BCUT2D eigenvalue weighted by Crippen LogP contribution is -2.46. The molecule has 0 radical (unpaired) electrons. The van der Waals surface area contributed by atoms with Crippen molar-refractivity contribution in [3.63, 3.8) is 0 Å². The third-order valence-electron chi connectivity index (χ3n) is 4.34. The Bertz CT molecular complexity index is 586. The number of hydrogen-bond donors (Lipinski definition) is 1. The molecule has 0 aromatic heterocycles. The topological polar surface area (TPSA) is 49.4 Å². The van der Waals surface area contributed by atoms with Crippen molar-refractivity contribution in [3.8, 4) is 0 Å². The molecule has 6 heteroatoms. The number of nitrogens with one attached hydrogen (secondary N) is 1. The molecule has 0 aliphatic carbocycles. The average molecular weight is 338 g/mol. The molecular weight excluding hydrogens is 314 g/mol. The Kier molecular flexibility index (Phi) is 6.85. The third kappa shape index (κ3) is 4.84. The highest BCUT2D eigenvalue weighted by Crippen LogP contribution is 2.16. The minimum absolute atomic E-state index is 0.00902. The lowest BCUT2D eigenvalue weighted by atomic mass is 10.0. The molecule has 1 heterocycles. The molecule has 4 nitrogen and oxygen atoms in total. The highest BCUT2D eigenvalue weighted by Gasteiger charge is 2.25. The number of hydrogen-bond acceptors (Lipinski definition) is 3. The summed E-state index contributed by atoms with van der Waals surface area (Å²) in [7, 11) is 0. The minimum atomic E-state index is -1.05. The molecule has 0 saturated carbocycles. The van der Waals surface area contributed by atoms with Crippen LogP contribution in [-0.4, -0.2) is 42.3 Å². The van der Waals surface area contributed by atoms with Crippen molar-refractivity contribution in [2.45, 2.75) is 45.1 Å². The number of ketones is 1. The summed E-state index contributed by atoms with van der Waals surface area (Å²) in [5.41, 5.74) is 0.102. The molecule has 1 aliphatic rings. The lowest BCUT2D eigenvalue weighted by molar-refractivity contribution is -0.134. The monoisotopic (exact) mass is 338 g/mol. The first kappa shape index (κ1) is 18.5. The van der Waals surface area contributed by atoms with E-state index in [1.807, 2.05) is 11.8 Å². The van der Waals surface area contributed by atoms with Gasteiger partial charge < -0.3 is 10.2 Å². The number of Topliss-reactive ketones (excluding diaryl/α,β-unsaturated/α-hetero) is 1. The standard InChI is InChI=1S/C18H24F2N2O2/c1-2-11-22(14-7-9-21-10-8-14)18(24)6-5-17(23)13-3-4-15(19)16(20)12-13/h3-4,12,14,21H,2,5-11H2,1H3. The lowest BCUT2D eigenvalue weighted by Gasteiger charge is -2.34. The van der Waals surface area contributed by atoms with Gasteiger partial charge in [-0.25, -0.2) is 8.78 Å². The van der Waals surface area contributed by atoms with Crippen LogP contribution >= 0.6 is 0 Å². The number of carbonyl (C=O) groups excluding carboxylic acids is 2. The van der Waals surface area contributed by atoms with Crippen molar-refractivity contribution >= 4 is 11.7 Å². The maximum absolute atomic E-state index is 13.2. The van der Waals surface area contributed by atoms with Gasteiger partial charge in [-0.3, -0.25) is 9.59 Å². The number of piperidine rings is 1. The molecule has 1 fully saturated rings. The molecule has 0 atom stereocenters. The Morgan fingerprint density at radius 2 is 1.88 bits per heavy atom. The molecule has 1 aromatic carbocycles. The van der Waals surface area contributed by atoms with E-state index in [2.05, 4.69) is 5.32 Å². The SMILES string of the molecule is CCCN(C(=O)CCC(=O)c1ccc(F)c(F)c1)C1CCNCC1. The molecule has 132 valence electrons. The molecule has 1 N–H and O–H groups in total. The van der Waals surface area contributed by atoms with Gasteiger partial charge in [-0.2, -0.15) is 0 Å². The first-order chi connectivity index (χ1) is 11.5. The second-order valence-corrected chi connectivity index (χ2v) is 6.12. The normalized spacial score (nSPS) is 15.3. The van der Waals surface area contributed by atoms with E-state index in [1.165, 1.54) is 6.07 Å². The zero-order valence-corrected chi connectivity index (χ0v) is 14.0. The fraction of sp³-hybridized carbons (Fsp3) is 0.556. The van der Waals surface area contributed by atoms with Crippen molar-refractivity contribution in [2.24, 2.45) is 0 Å². The predicted octanol–water partition coefficient (Wildman–Crippen LogP) is 2.92. The van der Waals surface area contributed by atoms with E-state index in [9.17, 15) is 18.4 Å². The summed E-state index contributed by atoms with van der Waals surface area (Å²) in [4.78, 5) is 26.5. The summed E-state index contributed by atoms with van der Waals surface area (Å²) in [5.74, 6) is -2.42. The van der Waals surface area contributed by atoms with Crippen LogP contribution in [-0.2, 0) is 4.79 Å². The summed E-state index contributed by atoms with van der Waals surface area (Å²) in [5, 5.41) is 3.27. The quantitative estimate of drug-likeness (QED) is 0.778. The summed E-state index contributed by atoms with van der Waals surface area (Å²) in [6.45, 7) is 4.49. The largest absolute Gasteiger partial charge is 0.340 e. The molecule has 1 aliphatic heterocycles. The van der Waals surface area contributed by atoms with E-state index in [0.29, 0.717) is 6.54 Å². The Balaban J connectivity index is 1.93. The number of halogens is 2. The molecule has 1 amide bonds. The van der Waals surface area contributed by atoms with Gasteiger partial charge >= 0.3 is 0 Å². The van der Waals surface area contributed by atoms with E-state index >= 15 is 0 Å². The van der Waals surface area contributed by atoms with Crippen LogP contribution in [0.2, 0.25) is 0 Å². The molecule has 0 bridgehead atoms. The van der Waals surface area contributed by atoms with Gasteiger partial charge in [0.1, 0.15) is 0 Å². The molecular formula is C18H24F2N2O2. The van der Waals surface area contributed by atoms with E-state index in [4.69, 9.17) is 0 Å². The van der Waals surface area contributed by atoms with Crippen LogP contribution in [0.3, 0.4) is 0 Å². The molecule has 24 heavy (non-hydrogen) atoms. The highest BCUT2D eigenvalue weighted by atomic mass is 19.2. The van der Waals surface area contributed by atoms with Gasteiger partial charge in [0.05, 0.1) is 0 Å². The number of carbonyl (C=O) groups is 2. The van der Waals surface area contributed by atoms with E-state index < -0.39 is 11.6 Å². The van der Waals surface area contributed by atoms with Gasteiger partial charge in [0.2, 0.25) is 5.91 Å². The molecule has 0 spiro atoms. The maximum atomic E-state index is 13.2. The first-order valence-corrected chi connectivity index (χ1v) is 8.51. The number of nitrogens with zero attached hydrogens (tertiary/aromatic N) is 1. The van der Waals surface area contributed by atoms with Gasteiger partial charge in [-0.05, 0) is 50.6 Å². The molecule has 1 saturated heterocycles. The van der Waals surface area contributed by atoms with E-state index in [-0.39, 0.29) is 36.1 Å². The van der Waals surface area contributed by atoms with E-state index in [1.54, 1.807) is 0 Å². The summed E-state index contributed by atoms with van der Waals surface area (Å²) >= 11 is 0. The zero-order chi connectivity index (χ0) is 17.5. The van der Waals surface area contributed by atoms with Gasteiger partial charge in [0.25, 0.3) is 0 Å². The van der Waals surface area contributed by atoms with Crippen LogP contribution in [0.15, 0.2) is 18.2 Å².